The third-order valence-corrected chi connectivity index (χ3v) is 26.9. The molecule has 0 saturated heterocycles. The molecule has 514 valence electrons. The monoisotopic (exact) mass is 1430 g/mol. The van der Waals surface area contributed by atoms with Crippen LogP contribution in [0.3, 0.4) is 0 Å². The molecular formula is C94H82N4O2S4. The van der Waals surface area contributed by atoms with E-state index in [1.54, 1.807) is 34.8 Å². The van der Waals surface area contributed by atoms with Crippen molar-refractivity contribution in [2.75, 3.05) is 0 Å². The predicted octanol–water partition coefficient (Wildman–Crippen LogP) is 26.3. The maximum absolute atomic E-state index is 14.7. The minimum atomic E-state index is -0.838. The first-order chi connectivity index (χ1) is 51.1. The molecule has 0 amide bonds. The fraction of sp³-hybridized carbons (Fsp3) is 0.277. The lowest BCUT2D eigenvalue weighted by Gasteiger charge is -2.36. The van der Waals surface area contributed by atoms with E-state index in [0.29, 0.717) is 44.5 Å². The molecule has 4 heterocycles. The predicted molar refractivity (Wildman–Crippen MR) is 435 cm³/mol. The quantitative estimate of drug-likeness (QED) is 0.0234. The van der Waals surface area contributed by atoms with Gasteiger partial charge in [-0.3, -0.25) is 9.59 Å². The summed E-state index contributed by atoms with van der Waals surface area (Å²) in [4.78, 5) is 41.1. The third-order valence-electron chi connectivity index (χ3n) is 22.1. The van der Waals surface area contributed by atoms with Gasteiger partial charge in [0.1, 0.15) is 0 Å². The smallest absolute Gasteiger partial charge is 0.270 e. The fourth-order valence-corrected chi connectivity index (χ4v) is 22.7. The van der Waals surface area contributed by atoms with Crippen LogP contribution in [0.4, 0.5) is 0 Å². The lowest BCUT2D eigenvalue weighted by Crippen LogP contribution is -2.30. The van der Waals surface area contributed by atoms with E-state index in [2.05, 4.69) is 171 Å². The molecule has 0 bridgehead atoms. The summed E-state index contributed by atoms with van der Waals surface area (Å²) < 4.78 is 4.55. The Labute approximate surface area is 628 Å². The summed E-state index contributed by atoms with van der Waals surface area (Å²) in [6.07, 6.45) is 26.2. The topological polar surface area (TPSA) is 90.4 Å². The van der Waals surface area contributed by atoms with E-state index < -0.39 is 10.8 Å². The number of thiophene rings is 4. The molecule has 15 rings (SSSR count). The zero-order valence-corrected chi connectivity index (χ0v) is 63.0. The number of nitrogens with zero attached hydrogens (tertiary/aromatic N) is 4. The van der Waals surface area contributed by atoms with Crippen LogP contribution < -0.4 is 0 Å². The zero-order valence-electron chi connectivity index (χ0n) is 59.7. The van der Waals surface area contributed by atoms with Crippen molar-refractivity contribution >= 4 is 99.0 Å². The van der Waals surface area contributed by atoms with Crippen LogP contribution in [0.15, 0.2) is 192 Å². The fourth-order valence-electron chi connectivity index (χ4n) is 17.2. The van der Waals surface area contributed by atoms with Gasteiger partial charge in [0.15, 0.2) is 11.6 Å². The molecule has 4 aliphatic rings. The number of fused-ring (bicyclic) bond motifs is 12. The van der Waals surface area contributed by atoms with Crippen LogP contribution in [0.1, 0.15) is 239 Å². The van der Waals surface area contributed by atoms with Gasteiger partial charge in [-0.1, -0.05) is 250 Å². The Kier molecular flexibility index (Phi) is 20.2. The van der Waals surface area contributed by atoms with E-state index in [9.17, 15) is 20.1 Å². The Morgan fingerprint density at radius 3 is 1.03 bits per heavy atom. The van der Waals surface area contributed by atoms with Gasteiger partial charge in [0, 0.05) is 73.5 Å². The molecular weight excluding hydrogens is 1350 g/mol. The van der Waals surface area contributed by atoms with Crippen LogP contribution in [0, 0.1) is 35.8 Å². The summed E-state index contributed by atoms with van der Waals surface area (Å²) in [6, 6.07) is 67.0. The molecule has 0 saturated carbocycles. The molecule has 4 aliphatic carbocycles. The van der Waals surface area contributed by atoms with E-state index in [1.165, 1.54) is 139 Å². The molecule has 7 aromatic carbocycles. The Hall–Kier alpha value is -9.88. The zero-order chi connectivity index (χ0) is 71.6. The highest BCUT2D eigenvalue weighted by Crippen LogP contribution is 2.68. The molecule has 104 heavy (non-hydrogen) atoms. The van der Waals surface area contributed by atoms with Gasteiger partial charge in [-0.05, 0) is 166 Å². The van der Waals surface area contributed by atoms with Crippen LogP contribution in [0.5, 0.6) is 0 Å². The summed E-state index contributed by atoms with van der Waals surface area (Å²) in [5, 5.41) is 21.0. The molecule has 0 N–H and O–H groups in total. The highest BCUT2D eigenvalue weighted by molar-refractivity contribution is 7.31. The summed E-state index contributed by atoms with van der Waals surface area (Å²) in [7, 11) is 0. The molecule has 0 spiro atoms. The van der Waals surface area contributed by atoms with Crippen LogP contribution in [0.25, 0.3) is 72.7 Å². The number of aryl methyl sites for hydroxylation is 4. The van der Waals surface area contributed by atoms with E-state index in [1.807, 2.05) is 71.2 Å². The lowest BCUT2D eigenvalue weighted by molar-refractivity contribution is 0.103. The Morgan fingerprint density at radius 1 is 0.394 bits per heavy atom. The molecule has 0 aliphatic heterocycles. The highest BCUT2D eigenvalue weighted by Gasteiger charge is 2.55. The number of carbonyl (C=O) groups is 2. The van der Waals surface area contributed by atoms with Crippen molar-refractivity contribution < 1.29 is 9.59 Å². The first-order valence-corrected chi connectivity index (χ1v) is 40.8. The second kappa shape index (κ2) is 30.1. The number of hydrogen-bond acceptors (Lipinski definition) is 8. The van der Waals surface area contributed by atoms with Gasteiger partial charge < -0.3 is 0 Å². The number of ketones is 2. The molecule has 4 aromatic heterocycles. The number of allylic oxidation sites excluding steroid dienone is 6. The summed E-state index contributed by atoms with van der Waals surface area (Å²) in [5.41, 5.74) is 19.5. The van der Waals surface area contributed by atoms with Crippen LogP contribution >= 0.6 is 45.3 Å². The number of unbranched alkanes of at least 4 members (excludes halogenated alkanes) is 12. The van der Waals surface area contributed by atoms with Gasteiger partial charge in [0.25, 0.3) is 11.4 Å². The van der Waals surface area contributed by atoms with Gasteiger partial charge in [-0.25, -0.2) is 20.2 Å². The van der Waals surface area contributed by atoms with Crippen LogP contribution in [-0.2, 0) is 36.5 Å². The second-order valence-electron chi connectivity index (χ2n) is 28.5. The first-order valence-electron chi connectivity index (χ1n) is 37.5. The molecule has 10 heteroatoms. The number of Topliss-reactive ketones (excluding diaryl/α,β-unsaturated/α-hetero) is 2. The van der Waals surface area contributed by atoms with Gasteiger partial charge in [-0.15, -0.1) is 45.3 Å². The van der Waals surface area contributed by atoms with Crippen LogP contribution in [-0.4, -0.2) is 11.6 Å². The normalized spacial score (nSPS) is 15.9. The number of carbonyl (C=O) groups excluding carboxylic acids is 2. The summed E-state index contributed by atoms with van der Waals surface area (Å²) >= 11 is 7.09. The second-order valence-corrected chi connectivity index (χ2v) is 32.8. The Bertz CT molecular complexity index is 5100. The van der Waals surface area contributed by atoms with E-state index in [-0.39, 0.29) is 23.0 Å². The first kappa shape index (κ1) is 69.8. The van der Waals surface area contributed by atoms with E-state index in [4.69, 9.17) is 13.1 Å². The maximum Gasteiger partial charge on any atom is 0.270 e. The highest BCUT2D eigenvalue weighted by atomic mass is 32.1. The van der Waals surface area contributed by atoms with Crippen molar-refractivity contribution in [3.8, 4) is 33.0 Å². The van der Waals surface area contributed by atoms with E-state index >= 15 is 0 Å². The third kappa shape index (κ3) is 12.0. The minimum Gasteiger partial charge on any atom is -0.289 e. The van der Waals surface area contributed by atoms with Crippen molar-refractivity contribution in [3.05, 3.63) is 314 Å². The van der Waals surface area contributed by atoms with Crippen molar-refractivity contribution in [1.29, 1.82) is 10.5 Å². The molecule has 0 fully saturated rings. The minimum absolute atomic E-state index is 0.0913. The van der Waals surface area contributed by atoms with Crippen LogP contribution in [0.2, 0.25) is 0 Å². The summed E-state index contributed by atoms with van der Waals surface area (Å²) in [6.45, 7) is 25.4. The number of rotatable bonds is 26. The molecule has 0 atom stereocenters. The van der Waals surface area contributed by atoms with Crippen molar-refractivity contribution in [2.45, 2.75) is 167 Å². The molecule has 0 radical (unpaired) electrons. The van der Waals surface area contributed by atoms with Crippen molar-refractivity contribution in [1.82, 2.24) is 0 Å². The molecule has 11 aromatic rings. The Morgan fingerprint density at radius 2 is 0.721 bits per heavy atom. The summed E-state index contributed by atoms with van der Waals surface area (Å²) in [5.74, 6) is -0.366. The SMILES string of the molecule is [C-]#[N+]/C(C#N)=C1\C(=C\c2cc3sc4c(c3s2)C(c2cccc(CCCCCC)c2)(c2cccc(CCCCCC)c2)c2cc3c(cc2-4)C(c2cccc(CCCCCC)c2)(c2cccc(CCCCCC)c2)c2c-3sc3cc(/C=C4\C(=O)c5ccccc5\C4=C(\C#N)[N+]#[C-])sc23)C(=O)c2ccccc21. The lowest BCUT2D eigenvalue weighted by atomic mass is 9.65. The molecule has 6 nitrogen and oxygen atoms in total. The van der Waals surface area contributed by atoms with Gasteiger partial charge in [0.05, 0.1) is 45.5 Å². The Balaban J connectivity index is 1.04. The maximum atomic E-state index is 14.7. The number of benzene rings is 7. The molecule has 0 unspecified atom stereocenters. The largest absolute Gasteiger partial charge is 0.289 e. The van der Waals surface area contributed by atoms with E-state index in [0.717, 1.165) is 106 Å². The number of hydrogen-bond donors (Lipinski definition) is 0. The average molecular weight is 1430 g/mol. The van der Waals surface area contributed by atoms with Crippen molar-refractivity contribution in [2.24, 2.45) is 0 Å². The van der Waals surface area contributed by atoms with Crippen molar-refractivity contribution in [3.63, 3.8) is 0 Å². The van der Waals surface area contributed by atoms with Gasteiger partial charge >= 0.3 is 0 Å². The average Bonchev–Trinajstić information content (AvgIpc) is 1.49. The van der Waals surface area contributed by atoms with Gasteiger partial charge in [-0.2, -0.15) is 0 Å². The number of nitriles is 2. The standard InChI is InChI=1S/C94H82N4O2S4/c1-7-11-15-19-31-59-35-27-39-63(47-59)93(64-40-28-36-60(48-64)32-20-16-12-8-2)77-55-74-78(56-73(77)89-85(93)91-81(103-89)53-67(101-91)51-75-83(79(57-95)97-5)69-43-23-25-45-71(69)87(75)99)94(65-41-29-37-61(49-65)33-21-17-13-9-3,66-42-30-38-62(50-66)34-22-18-14-10-4)86-90(74)104-82-54-68(102-92(82)86)52-76-84(80(58-96)98-6)70-44-24-26-46-72(70)88(76)100/h23-30,35-56H,7-22,31-34H2,1-4H3/b75-51-,76-52-,83-79-,84-80+. The van der Waals surface area contributed by atoms with Gasteiger partial charge in [0.2, 0.25) is 0 Å².